The Kier molecular flexibility index (Phi) is 3.87. The molecular formula is C13H19N3O3. The number of amides is 1. The molecule has 1 aromatic heterocycles. The number of carboxylic acids is 1. The maximum atomic E-state index is 11.6. The Labute approximate surface area is 111 Å². The first-order valence-corrected chi connectivity index (χ1v) is 6.51. The normalized spacial score (nSPS) is 14.4. The number of nitrogens with one attached hydrogen (secondary N) is 1. The smallest absolute Gasteiger partial charge is 0.307 e. The molecule has 0 aromatic carbocycles. The molecule has 6 nitrogen and oxygen atoms in total. The van der Waals surface area contributed by atoms with Crippen LogP contribution in [0.25, 0.3) is 0 Å². The van der Waals surface area contributed by atoms with Crippen LogP contribution in [0.2, 0.25) is 0 Å². The number of rotatable bonds is 6. The monoisotopic (exact) mass is 265 g/mol. The van der Waals surface area contributed by atoms with Gasteiger partial charge in [-0.3, -0.25) is 14.3 Å². The SMILES string of the molecule is Cc1nn(CCC(=O)NC2CC2)c(C)c1CC(=O)O. The zero-order valence-corrected chi connectivity index (χ0v) is 11.3. The molecule has 1 fully saturated rings. The van der Waals surface area contributed by atoms with Gasteiger partial charge in [0.1, 0.15) is 0 Å². The number of hydrogen-bond acceptors (Lipinski definition) is 3. The summed E-state index contributed by atoms with van der Waals surface area (Å²) in [4.78, 5) is 22.4. The van der Waals surface area contributed by atoms with Gasteiger partial charge in [0, 0.05) is 30.3 Å². The van der Waals surface area contributed by atoms with E-state index in [0.717, 1.165) is 29.8 Å². The first kappa shape index (κ1) is 13.6. The molecule has 0 bridgehead atoms. The first-order valence-electron chi connectivity index (χ1n) is 6.51. The fourth-order valence-electron chi connectivity index (χ4n) is 2.09. The third kappa shape index (κ3) is 3.56. The lowest BCUT2D eigenvalue weighted by Crippen LogP contribution is -2.26. The lowest BCUT2D eigenvalue weighted by Gasteiger charge is -2.05. The van der Waals surface area contributed by atoms with Gasteiger partial charge in [0.05, 0.1) is 12.1 Å². The van der Waals surface area contributed by atoms with Gasteiger partial charge in [-0.05, 0) is 26.7 Å². The molecule has 1 heterocycles. The number of aliphatic carboxylic acids is 1. The number of carboxylic acid groups (broad SMARTS) is 1. The second-order valence-electron chi connectivity index (χ2n) is 5.03. The molecule has 1 saturated carbocycles. The summed E-state index contributed by atoms with van der Waals surface area (Å²) in [5.74, 6) is -0.827. The average molecular weight is 265 g/mol. The third-order valence-electron chi connectivity index (χ3n) is 3.35. The van der Waals surface area contributed by atoms with Gasteiger partial charge in [-0.15, -0.1) is 0 Å². The van der Waals surface area contributed by atoms with Gasteiger partial charge in [-0.25, -0.2) is 0 Å². The molecule has 1 aliphatic carbocycles. The van der Waals surface area contributed by atoms with Gasteiger partial charge in [-0.1, -0.05) is 0 Å². The summed E-state index contributed by atoms with van der Waals surface area (Å²) in [7, 11) is 0. The Morgan fingerprint density at radius 1 is 1.42 bits per heavy atom. The highest BCUT2D eigenvalue weighted by molar-refractivity contribution is 5.76. The van der Waals surface area contributed by atoms with E-state index in [1.54, 1.807) is 11.6 Å². The van der Waals surface area contributed by atoms with Crippen LogP contribution in [0.3, 0.4) is 0 Å². The Hall–Kier alpha value is -1.85. The van der Waals surface area contributed by atoms with Crippen molar-refractivity contribution in [1.82, 2.24) is 15.1 Å². The van der Waals surface area contributed by atoms with E-state index in [2.05, 4.69) is 10.4 Å². The lowest BCUT2D eigenvalue weighted by atomic mass is 10.1. The fourth-order valence-corrected chi connectivity index (χ4v) is 2.09. The van der Waals surface area contributed by atoms with Gasteiger partial charge < -0.3 is 10.4 Å². The minimum atomic E-state index is -0.864. The minimum absolute atomic E-state index is 0.0219. The molecule has 104 valence electrons. The van der Waals surface area contributed by atoms with Crippen LogP contribution in [0.15, 0.2) is 0 Å². The second-order valence-corrected chi connectivity index (χ2v) is 5.03. The molecule has 19 heavy (non-hydrogen) atoms. The summed E-state index contributed by atoms with van der Waals surface area (Å²) < 4.78 is 1.72. The standard InChI is InChI=1S/C13H19N3O3/c1-8-11(7-13(18)19)9(2)16(15-8)6-5-12(17)14-10-3-4-10/h10H,3-7H2,1-2H3,(H,14,17)(H,18,19). The molecule has 2 N–H and O–H groups in total. The van der Waals surface area contributed by atoms with Gasteiger partial charge in [-0.2, -0.15) is 5.10 Å². The Balaban J connectivity index is 1.95. The van der Waals surface area contributed by atoms with Crippen molar-refractivity contribution in [3.63, 3.8) is 0 Å². The molecule has 0 saturated heterocycles. The maximum Gasteiger partial charge on any atom is 0.307 e. The van der Waals surface area contributed by atoms with Gasteiger partial charge >= 0.3 is 5.97 Å². The topological polar surface area (TPSA) is 84.2 Å². The molecule has 2 rings (SSSR count). The van der Waals surface area contributed by atoms with E-state index in [4.69, 9.17) is 5.11 Å². The predicted octanol–water partition coefficient (Wildman–Crippen LogP) is 0.796. The molecule has 0 unspecified atom stereocenters. The zero-order chi connectivity index (χ0) is 14.0. The molecular weight excluding hydrogens is 246 g/mol. The minimum Gasteiger partial charge on any atom is -0.481 e. The van der Waals surface area contributed by atoms with E-state index < -0.39 is 5.97 Å². The molecule has 1 aromatic rings. The van der Waals surface area contributed by atoms with Crippen LogP contribution < -0.4 is 5.32 Å². The van der Waals surface area contributed by atoms with E-state index in [9.17, 15) is 9.59 Å². The summed E-state index contributed by atoms with van der Waals surface area (Å²) in [6, 6.07) is 0.371. The van der Waals surface area contributed by atoms with Crippen molar-refractivity contribution in [3.05, 3.63) is 17.0 Å². The van der Waals surface area contributed by atoms with Crippen LogP contribution in [0.4, 0.5) is 0 Å². The third-order valence-corrected chi connectivity index (χ3v) is 3.35. The Bertz CT molecular complexity index is 503. The van der Waals surface area contributed by atoms with Crippen LogP contribution in [0.1, 0.15) is 36.2 Å². The van der Waals surface area contributed by atoms with Crippen molar-refractivity contribution < 1.29 is 14.7 Å². The van der Waals surface area contributed by atoms with Crippen molar-refractivity contribution in [1.29, 1.82) is 0 Å². The molecule has 1 aliphatic rings. The van der Waals surface area contributed by atoms with Gasteiger partial charge in [0.15, 0.2) is 0 Å². The summed E-state index contributed by atoms with van der Waals surface area (Å²) in [6.07, 6.45) is 2.51. The molecule has 6 heteroatoms. The molecule has 0 aliphatic heterocycles. The zero-order valence-electron chi connectivity index (χ0n) is 11.3. The summed E-state index contributed by atoms with van der Waals surface area (Å²) in [5.41, 5.74) is 2.30. The number of nitrogens with zero attached hydrogens (tertiary/aromatic N) is 2. The molecule has 0 radical (unpaired) electrons. The Morgan fingerprint density at radius 2 is 2.11 bits per heavy atom. The first-order chi connectivity index (χ1) is 8.97. The van der Waals surface area contributed by atoms with Crippen molar-refractivity contribution in [3.8, 4) is 0 Å². The largest absolute Gasteiger partial charge is 0.481 e. The van der Waals surface area contributed by atoms with E-state index in [-0.39, 0.29) is 12.3 Å². The molecule has 1 amide bonds. The van der Waals surface area contributed by atoms with E-state index >= 15 is 0 Å². The van der Waals surface area contributed by atoms with E-state index in [1.165, 1.54) is 0 Å². The second kappa shape index (κ2) is 5.42. The van der Waals surface area contributed by atoms with Gasteiger partial charge in [0.2, 0.25) is 5.91 Å². The highest BCUT2D eigenvalue weighted by Gasteiger charge is 2.23. The van der Waals surface area contributed by atoms with Crippen LogP contribution in [-0.2, 0) is 22.6 Å². The van der Waals surface area contributed by atoms with Gasteiger partial charge in [0.25, 0.3) is 0 Å². The van der Waals surface area contributed by atoms with E-state index in [0.29, 0.717) is 19.0 Å². The molecule has 0 atom stereocenters. The summed E-state index contributed by atoms with van der Waals surface area (Å²) in [5, 5.41) is 16.1. The number of hydrogen-bond donors (Lipinski definition) is 2. The fraction of sp³-hybridized carbons (Fsp3) is 0.615. The van der Waals surface area contributed by atoms with Crippen LogP contribution in [-0.4, -0.2) is 32.8 Å². The average Bonchev–Trinajstić information content (AvgIpc) is 3.09. The molecule has 0 spiro atoms. The quantitative estimate of drug-likeness (QED) is 0.796. The van der Waals surface area contributed by atoms with Crippen molar-refractivity contribution in [2.45, 2.75) is 52.1 Å². The van der Waals surface area contributed by atoms with Crippen molar-refractivity contribution in [2.24, 2.45) is 0 Å². The number of carbonyl (C=O) groups excluding carboxylic acids is 1. The predicted molar refractivity (Wildman–Crippen MR) is 68.8 cm³/mol. The summed E-state index contributed by atoms with van der Waals surface area (Å²) >= 11 is 0. The number of aryl methyl sites for hydroxylation is 2. The van der Waals surface area contributed by atoms with Crippen LogP contribution in [0.5, 0.6) is 0 Å². The maximum absolute atomic E-state index is 11.6. The Morgan fingerprint density at radius 3 is 2.68 bits per heavy atom. The number of carbonyl (C=O) groups is 2. The van der Waals surface area contributed by atoms with Crippen LogP contribution in [0, 0.1) is 13.8 Å². The van der Waals surface area contributed by atoms with E-state index in [1.807, 2.05) is 6.92 Å². The number of aromatic nitrogens is 2. The van der Waals surface area contributed by atoms with Crippen molar-refractivity contribution in [2.75, 3.05) is 0 Å². The highest BCUT2D eigenvalue weighted by atomic mass is 16.4. The highest BCUT2D eigenvalue weighted by Crippen LogP contribution is 2.19. The lowest BCUT2D eigenvalue weighted by molar-refractivity contribution is -0.136. The summed E-state index contributed by atoms with van der Waals surface area (Å²) in [6.45, 7) is 4.13. The van der Waals surface area contributed by atoms with Crippen molar-refractivity contribution >= 4 is 11.9 Å². The van der Waals surface area contributed by atoms with Crippen LogP contribution >= 0.6 is 0 Å².